The summed E-state index contributed by atoms with van der Waals surface area (Å²) in [5.74, 6) is 0.688. The van der Waals surface area contributed by atoms with Gasteiger partial charge in [0.15, 0.2) is 5.69 Å². The van der Waals surface area contributed by atoms with Crippen LogP contribution in [0.5, 0.6) is 0 Å². The van der Waals surface area contributed by atoms with E-state index in [1.165, 1.54) is 25.0 Å². The van der Waals surface area contributed by atoms with Gasteiger partial charge in [0.2, 0.25) is 0 Å². The highest BCUT2D eigenvalue weighted by atomic mass is 16.5. The molecule has 1 atom stereocenters. The molecule has 0 N–H and O–H groups in total. The minimum absolute atomic E-state index is 0.0304. The highest BCUT2D eigenvalue weighted by Gasteiger charge is 2.25. The fourth-order valence-electron chi connectivity index (χ4n) is 4.04. The first-order valence-corrected chi connectivity index (χ1v) is 10.7. The molecule has 0 aromatic carbocycles. The summed E-state index contributed by atoms with van der Waals surface area (Å²) in [5.41, 5.74) is 1.87. The van der Waals surface area contributed by atoms with E-state index >= 15 is 0 Å². The number of hydrogen-bond donors (Lipinski definition) is 0. The lowest BCUT2D eigenvalue weighted by Gasteiger charge is -2.33. The number of carbonyl (C=O) groups is 1. The van der Waals surface area contributed by atoms with Gasteiger partial charge in [0.1, 0.15) is 0 Å². The zero-order valence-corrected chi connectivity index (χ0v) is 17.6. The van der Waals surface area contributed by atoms with Gasteiger partial charge in [-0.2, -0.15) is 0 Å². The number of allylic oxidation sites excluding steroid dienone is 2. The number of carbonyl (C=O) groups excluding carboxylic acids is 1. The van der Waals surface area contributed by atoms with E-state index in [9.17, 15) is 4.79 Å². The van der Waals surface area contributed by atoms with Gasteiger partial charge in [0.25, 0.3) is 5.91 Å². The largest absolute Gasteiger partial charge is 0.378 e. The van der Waals surface area contributed by atoms with Gasteiger partial charge in [-0.1, -0.05) is 23.8 Å². The summed E-state index contributed by atoms with van der Waals surface area (Å²) in [6.07, 6.45) is 8.73. The number of amides is 1. The minimum atomic E-state index is -0.0304. The van der Waals surface area contributed by atoms with E-state index in [1.807, 2.05) is 10.9 Å². The molecule has 2 saturated heterocycles. The maximum atomic E-state index is 12.5. The first-order valence-electron chi connectivity index (χ1n) is 10.7. The molecular weight excluding hydrogens is 354 g/mol. The summed E-state index contributed by atoms with van der Waals surface area (Å²) in [6.45, 7) is 12.5. The molecule has 1 aromatic rings. The Morgan fingerprint density at radius 3 is 2.64 bits per heavy atom. The predicted molar refractivity (Wildman–Crippen MR) is 109 cm³/mol. The Morgan fingerprint density at radius 1 is 1.25 bits per heavy atom. The fraction of sp³-hybridized carbons (Fsp3) is 0.762. The highest BCUT2D eigenvalue weighted by Crippen LogP contribution is 2.23. The Balaban J connectivity index is 1.44. The third-order valence-corrected chi connectivity index (χ3v) is 5.74. The van der Waals surface area contributed by atoms with Gasteiger partial charge in [-0.3, -0.25) is 4.79 Å². The van der Waals surface area contributed by atoms with E-state index in [1.54, 1.807) is 4.90 Å². The Hall–Kier alpha value is -1.73. The lowest BCUT2D eigenvalue weighted by Crippen LogP contribution is -2.40. The van der Waals surface area contributed by atoms with Crippen molar-refractivity contribution in [1.82, 2.24) is 24.8 Å². The smallest absolute Gasteiger partial charge is 0.276 e. The van der Waals surface area contributed by atoms with Crippen molar-refractivity contribution in [2.24, 2.45) is 5.92 Å². The quantitative estimate of drug-likeness (QED) is 0.671. The molecule has 3 rings (SSSR count). The molecule has 28 heavy (non-hydrogen) atoms. The molecule has 0 aliphatic carbocycles. The molecule has 2 aliphatic heterocycles. The van der Waals surface area contributed by atoms with Gasteiger partial charge in [-0.05, 0) is 45.4 Å². The third kappa shape index (κ3) is 5.88. The maximum Gasteiger partial charge on any atom is 0.276 e. The lowest BCUT2D eigenvalue weighted by molar-refractivity contribution is 0.0299. The molecule has 2 aliphatic rings. The van der Waals surface area contributed by atoms with Gasteiger partial charge < -0.3 is 14.5 Å². The van der Waals surface area contributed by atoms with Crippen LogP contribution in [0.4, 0.5) is 0 Å². The maximum absolute atomic E-state index is 12.5. The van der Waals surface area contributed by atoms with E-state index in [2.05, 4.69) is 42.1 Å². The first kappa shape index (κ1) is 21.0. The van der Waals surface area contributed by atoms with E-state index < -0.39 is 0 Å². The van der Waals surface area contributed by atoms with Crippen molar-refractivity contribution < 1.29 is 9.53 Å². The van der Waals surface area contributed by atoms with Crippen LogP contribution in [0.25, 0.3) is 0 Å². The highest BCUT2D eigenvalue weighted by molar-refractivity contribution is 5.92. The number of nitrogens with zero attached hydrogens (tertiary/aromatic N) is 5. The first-order chi connectivity index (χ1) is 13.5. The van der Waals surface area contributed by atoms with E-state index in [4.69, 9.17) is 4.74 Å². The molecule has 1 aromatic heterocycles. The monoisotopic (exact) mass is 389 g/mol. The molecule has 1 amide bonds. The van der Waals surface area contributed by atoms with Crippen LogP contribution < -0.4 is 0 Å². The zero-order chi connectivity index (χ0) is 19.9. The average molecular weight is 390 g/mol. The Kier molecular flexibility index (Phi) is 7.62. The number of rotatable bonds is 7. The summed E-state index contributed by atoms with van der Waals surface area (Å²) in [7, 11) is 0. The standard InChI is InChI=1S/C21H35N5O2/c1-17(2)5-4-6-18(3)15-24-9-7-19(8-10-24)26-16-20(22-23-26)21(27)25-11-13-28-14-12-25/h5,16,18-19H,4,6-15H2,1-3H3/t18-/m0/s1. The zero-order valence-electron chi connectivity index (χ0n) is 17.6. The Bertz CT molecular complexity index is 654. The van der Waals surface area contributed by atoms with Crippen LogP contribution in [0.2, 0.25) is 0 Å². The van der Waals surface area contributed by atoms with Crippen molar-refractivity contribution in [3.8, 4) is 0 Å². The van der Waals surface area contributed by atoms with Crippen LogP contribution in [0.15, 0.2) is 17.8 Å². The molecule has 7 nitrogen and oxygen atoms in total. The molecule has 156 valence electrons. The fourth-order valence-corrected chi connectivity index (χ4v) is 4.04. The summed E-state index contributed by atoms with van der Waals surface area (Å²) in [6, 6.07) is 0.343. The van der Waals surface area contributed by atoms with E-state index in [0.717, 1.165) is 31.8 Å². The number of aromatic nitrogens is 3. The minimum Gasteiger partial charge on any atom is -0.378 e. The van der Waals surface area contributed by atoms with Crippen molar-refractivity contribution in [2.75, 3.05) is 45.9 Å². The number of morpholine rings is 1. The molecule has 0 spiro atoms. The average Bonchev–Trinajstić information content (AvgIpc) is 3.18. The van der Waals surface area contributed by atoms with Crippen molar-refractivity contribution in [1.29, 1.82) is 0 Å². The number of hydrogen-bond acceptors (Lipinski definition) is 5. The number of likely N-dealkylation sites (tertiary alicyclic amines) is 1. The molecule has 0 saturated carbocycles. The van der Waals surface area contributed by atoms with Crippen LogP contribution in [0.3, 0.4) is 0 Å². The second kappa shape index (κ2) is 10.2. The van der Waals surface area contributed by atoms with Gasteiger partial charge >= 0.3 is 0 Å². The summed E-state index contributed by atoms with van der Waals surface area (Å²) < 4.78 is 7.22. The molecule has 2 fully saturated rings. The molecule has 0 radical (unpaired) electrons. The second-order valence-electron chi connectivity index (χ2n) is 8.48. The van der Waals surface area contributed by atoms with Gasteiger partial charge in [0, 0.05) is 32.7 Å². The van der Waals surface area contributed by atoms with Crippen LogP contribution in [0.1, 0.15) is 63.0 Å². The Labute approximate surface area is 168 Å². The van der Waals surface area contributed by atoms with E-state index in [0.29, 0.717) is 38.0 Å². The summed E-state index contributed by atoms with van der Waals surface area (Å²) in [5, 5.41) is 8.41. The van der Waals surface area contributed by atoms with Gasteiger partial charge in [-0.15, -0.1) is 5.10 Å². The second-order valence-corrected chi connectivity index (χ2v) is 8.48. The number of piperidine rings is 1. The molecule has 0 bridgehead atoms. The van der Waals surface area contributed by atoms with E-state index in [-0.39, 0.29) is 5.91 Å². The molecule has 3 heterocycles. The van der Waals surface area contributed by atoms with Crippen LogP contribution in [-0.2, 0) is 4.74 Å². The summed E-state index contributed by atoms with van der Waals surface area (Å²) in [4.78, 5) is 16.9. The number of ether oxygens (including phenoxy) is 1. The van der Waals surface area contributed by atoms with Crippen molar-refractivity contribution in [3.63, 3.8) is 0 Å². The Morgan fingerprint density at radius 2 is 1.96 bits per heavy atom. The normalized spacial score (nSPS) is 20.2. The van der Waals surface area contributed by atoms with Crippen LogP contribution in [-0.4, -0.2) is 76.6 Å². The van der Waals surface area contributed by atoms with Gasteiger partial charge in [0.05, 0.1) is 25.5 Å². The molecule has 7 heteroatoms. The van der Waals surface area contributed by atoms with Crippen LogP contribution in [0, 0.1) is 5.92 Å². The van der Waals surface area contributed by atoms with Crippen molar-refractivity contribution >= 4 is 5.91 Å². The van der Waals surface area contributed by atoms with Crippen LogP contribution >= 0.6 is 0 Å². The molecular formula is C21H35N5O2. The van der Waals surface area contributed by atoms with Crippen molar-refractivity contribution in [2.45, 2.75) is 52.5 Å². The van der Waals surface area contributed by atoms with Crippen molar-refractivity contribution in [3.05, 3.63) is 23.5 Å². The SMILES string of the molecule is CC(C)=CCC[C@H](C)CN1CCC(n2cc(C(=O)N3CCOCC3)nn2)CC1. The predicted octanol–water partition coefficient (Wildman–Crippen LogP) is 2.77. The topological polar surface area (TPSA) is 63.5 Å². The summed E-state index contributed by atoms with van der Waals surface area (Å²) >= 11 is 0. The van der Waals surface area contributed by atoms with Gasteiger partial charge in [-0.25, -0.2) is 4.68 Å². The third-order valence-electron chi connectivity index (χ3n) is 5.74. The lowest BCUT2D eigenvalue weighted by atomic mass is 10.0. The molecule has 0 unspecified atom stereocenters.